The van der Waals surface area contributed by atoms with Crippen LogP contribution in [0.1, 0.15) is 98.3 Å². The van der Waals surface area contributed by atoms with Crippen LogP contribution in [0.3, 0.4) is 0 Å². The van der Waals surface area contributed by atoms with E-state index in [4.69, 9.17) is 4.74 Å². The molecule has 3 nitrogen and oxygen atoms in total. The lowest BCUT2D eigenvalue weighted by atomic mass is 9.61. The van der Waals surface area contributed by atoms with Crippen molar-refractivity contribution in [2.24, 2.45) is 22.2 Å². The van der Waals surface area contributed by atoms with Crippen LogP contribution in [-0.4, -0.2) is 60.8 Å². The van der Waals surface area contributed by atoms with Gasteiger partial charge in [0.05, 0.1) is 12.2 Å². The molecule has 0 atom stereocenters. The molecule has 5 fully saturated rings. The van der Waals surface area contributed by atoms with Gasteiger partial charge in [0.15, 0.2) is 0 Å². The summed E-state index contributed by atoms with van der Waals surface area (Å²) in [5.74, 6) is 0.862. The van der Waals surface area contributed by atoms with E-state index in [2.05, 4.69) is 37.5 Å². The predicted octanol–water partition coefficient (Wildman–Crippen LogP) is 5.73. The highest BCUT2D eigenvalue weighted by atomic mass is 16.5. The molecule has 0 aromatic carbocycles. The first-order valence-electron chi connectivity index (χ1n) is 13.4. The van der Waals surface area contributed by atoms with Crippen molar-refractivity contribution in [1.29, 1.82) is 0 Å². The van der Waals surface area contributed by atoms with E-state index in [1.54, 1.807) is 0 Å². The van der Waals surface area contributed by atoms with E-state index >= 15 is 0 Å². The molecule has 3 saturated carbocycles. The predicted molar refractivity (Wildman–Crippen MR) is 125 cm³/mol. The standard InChI is InChI=1S/C27H48N2O/c1-21(2)15-26(9-10-26)18-28-13-11-25(12-14-28)16-24(17-25)30-23-5-7-27(8-6-23)19-29(20-27)22(3)4/h21-24H,5-20H2,1-4H3. The van der Waals surface area contributed by atoms with Crippen LogP contribution in [0.4, 0.5) is 0 Å². The Morgan fingerprint density at radius 1 is 0.800 bits per heavy atom. The van der Waals surface area contributed by atoms with Gasteiger partial charge >= 0.3 is 0 Å². The van der Waals surface area contributed by atoms with Crippen LogP contribution in [-0.2, 0) is 4.74 Å². The summed E-state index contributed by atoms with van der Waals surface area (Å²) in [5, 5.41) is 0. The Labute approximate surface area is 186 Å². The van der Waals surface area contributed by atoms with Gasteiger partial charge in [-0.3, -0.25) is 4.90 Å². The Kier molecular flexibility index (Phi) is 5.81. The molecule has 3 heteroatoms. The van der Waals surface area contributed by atoms with Crippen molar-refractivity contribution in [1.82, 2.24) is 9.80 Å². The molecule has 0 aromatic heterocycles. The van der Waals surface area contributed by atoms with Crippen LogP contribution in [0.25, 0.3) is 0 Å². The summed E-state index contributed by atoms with van der Waals surface area (Å²) < 4.78 is 6.62. The molecule has 0 bridgehead atoms. The maximum atomic E-state index is 6.62. The lowest BCUT2D eigenvalue weighted by Crippen LogP contribution is -2.60. The number of piperidine rings is 1. The van der Waals surface area contributed by atoms with Crippen molar-refractivity contribution in [2.75, 3.05) is 32.7 Å². The smallest absolute Gasteiger partial charge is 0.0589 e. The van der Waals surface area contributed by atoms with Crippen LogP contribution in [0, 0.1) is 22.2 Å². The number of likely N-dealkylation sites (tertiary alicyclic amines) is 2. The summed E-state index contributed by atoms with van der Waals surface area (Å²) in [6, 6.07) is 0.729. The largest absolute Gasteiger partial charge is 0.375 e. The monoisotopic (exact) mass is 416 g/mol. The fourth-order valence-corrected chi connectivity index (χ4v) is 7.65. The first kappa shape index (κ1) is 21.7. The van der Waals surface area contributed by atoms with Crippen LogP contribution >= 0.6 is 0 Å². The van der Waals surface area contributed by atoms with Gasteiger partial charge in [-0.25, -0.2) is 0 Å². The Morgan fingerprint density at radius 2 is 1.43 bits per heavy atom. The molecule has 172 valence electrons. The van der Waals surface area contributed by atoms with Crippen molar-refractivity contribution in [2.45, 2.75) is 117 Å². The van der Waals surface area contributed by atoms with Crippen molar-refractivity contribution >= 4 is 0 Å². The number of hydrogen-bond acceptors (Lipinski definition) is 3. The average Bonchev–Trinajstić information content (AvgIpc) is 3.39. The normalized spacial score (nSPS) is 33.2. The van der Waals surface area contributed by atoms with Gasteiger partial charge in [0.25, 0.3) is 0 Å². The lowest BCUT2D eigenvalue weighted by molar-refractivity contribution is -0.155. The highest BCUT2D eigenvalue weighted by Gasteiger charge is 2.50. The van der Waals surface area contributed by atoms with Crippen molar-refractivity contribution < 1.29 is 4.74 Å². The molecule has 0 amide bonds. The SMILES string of the molecule is CC(C)CC1(CN2CCC3(CC2)CC(OC2CCC4(CC2)CN(C(C)C)C4)C3)CC1. The van der Waals surface area contributed by atoms with E-state index in [9.17, 15) is 0 Å². The summed E-state index contributed by atoms with van der Waals surface area (Å²) in [5.41, 5.74) is 2.01. The number of nitrogens with zero attached hydrogens (tertiary/aromatic N) is 2. The van der Waals surface area contributed by atoms with E-state index < -0.39 is 0 Å². The molecule has 2 saturated heterocycles. The molecule has 2 aliphatic heterocycles. The van der Waals surface area contributed by atoms with Gasteiger partial charge in [0, 0.05) is 25.7 Å². The van der Waals surface area contributed by atoms with Gasteiger partial charge in [0.2, 0.25) is 0 Å². The summed E-state index contributed by atoms with van der Waals surface area (Å²) in [6.07, 6.45) is 16.6. The minimum atomic E-state index is 0.567. The Balaban J connectivity index is 0.993. The third kappa shape index (κ3) is 4.50. The quantitative estimate of drug-likeness (QED) is 0.527. The zero-order chi connectivity index (χ0) is 21.0. The maximum absolute atomic E-state index is 6.62. The van der Waals surface area contributed by atoms with Crippen molar-refractivity contribution in [3.05, 3.63) is 0 Å². The Bertz CT molecular complexity index is 578. The highest BCUT2D eigenvalue weighted by Crippen LogP contribution is 2.54. The second-order valence-corrected chi connectivity index (χ2v) is 13.2. The summed E-state index contributed by atoms with van der Waals surface area (Å²) in [6.45, 7) is 16.3. The van der Waals surface area contributed by atoms with Crippen LogP contribution in [0.15, 0.2) is 0 Å². The highest BCUT2D eigenvalue weighted by molar-refractivity contribution is 5.02. The molecule has 2 spiro atoms. The first-order chi connectivity index (χ1) is 14.3. The van der Waals surface area contributed by atoms with E-state index in [0.29, 0.717) is 28.5 Å². The third-order valence-corrected chi connectivity index (χ3v) is 9.78. The Morgan fingerprint density at radius 3 is 1.97 bits per heavy atom. The zero-order valence-corrected chi connectivity index (χ0v) is 20.4. The molecule has 3 aliphatic carbocycles. The molecular weight excluding hydrogens is 368 g/mol. The minimum Gasteiger partial charge on any atom is -0.375 e. The van der Waals surface area contributed by atoms with Gasteiger partial charge in [-0.05, 0) is 120 Å². The van der Waals surface area contributed by atoms with E-state index in [1.165, 1.54) is 103 Å². The summed E-state index contributed by atoms with van der Waals surface area (Å²) in [4.78, 5) is 5.46. The first-order valence-corrected chi connectivity index (χ1v) is 13.4. The second-order valence-electron chi connectivity index (χ2n) is 13.2. The van der Waals surface area contributed by atoms with Gasteiger partial charge in [0.1, 0.15) is 0 Å². The topological polar surface area (TPSA) is 15.7 Å². The fraction of sp³-hybridized carbons (Fsp3) is 1.00. The lowest BCUT2D eigenvalue weighted by Gasteiger charge is -2.56. The second kappa shape index (κ2) is 8.03. The minimum absolute atomic E-state index is 0.567. The van der Waals surface area contributed by atoms with Gasteiger partial charge in [-0.2, -0.15) is 0 Å². The molecule has 30 heavy (non-hydrogen) atoms. The van der Waals surface area contributed by atoms with Gasteiger partial charge in [-0.15, -0.1) is 0 Å². The molecule has 5 rings (SSSR count). The third-order valence-electron chi connectivity index (χ3n) is 9.78. The van der Waals surface area contributed by atoms with Crippen LogP contribution in [0.2, 0.25) is 0 Å². The number of hydrogen-bond donors (Lipinski definition) is 0. The van der Waals surface area contributed by atoms with E-state index in [1.807, 2.05) is 0 Å². The maximum Gasteiger partial charge on any atom is 0.0589 e. The molecule has 0 unspecified atom stereocenters. The van der Waals surface area contributed by atoms with Gasteiger partial charge < -0.3 is 9.64 Å². The van der Waals surface area contributed by atoms with Gasteiger partial charge in [-0.1, -0.05) is 13.8 Å². The van der Waals surface area contributed by atoms with E-state index in [0.717, 1.165) is 12.0 Å². The van der Waals surface area contributed by atoms with Crippen LogP contribution < -0.4 is 0 Å². The fourth-order valence-electron chi connectivity index (χ4n) is 7.65. The summed E-state index contributed by atoms with van der Waals surface area (Å²) >= 11 is 0. The van der Waals surface area contributed by atoms with Crippen molar-refractivity contribution in [3.63, 3.8) is 0 Å². The van der Waals surface area contributed by atoms with Crippen molar-refractivity contribution in [3.8, 4) is 0 Å². The molecule has 0 aromatic rings. The molecule has 2 heterocycles. The number of rotatable bonds is 7. The number of ether oxygens (including phenoxy) is 1. The summed E-state index contributed by atoms with van der Waals surface area (Å²) in [7, 11) is 0. The van der Waals surface area contributed by atoms with E-state index in [-0.39, 0.29) is 0 Å². The molecule has 0 N–H and O–H groups in total. The Hall–Kier alpha value is -0.120. The molecule has 5 aliphatic rings. The average molecular weight is 417 g/mol. The van der Waals surface area contributed by atoms with Crippen LogP contribution in [0.5, 0.6) is 0 Å². The molecular formula is C27H48N2O. The zero-order valence-electron chi connectivity index (χ0n) is 20.4. The molecule has 0 radical (unpaired) electrons.